The van der Waals surface area contributed by atoms with Crippen molar-refractivity contribution in [2.24, 2.45) is 0 Å². The second kappa shape index (κ2) is 14.2. The number of carbonyl (C=O) groups is 3. The zero-order chi connectivity index (χ0) is 30.8. The van der Waals surface area contributed by atoms with Gasteiger partial charge in [0.2, 0.25) is 0 Å². The van der Waals surface area contributed by atoms with Gasteiger partial charge in [-0.1, -0.05) is 6.07 Å². The number of carboxylic acids is 2. The highest BCUT2D eigenvalue weighted by atomic mass is 19.4. The molecule has 1 amide bonds. The number of carboxylic acid groups (broad SMARTS) is 2. The minimum Gasteiger partial charge on any atom is -0.475 e. The number of aliphatic carboxylic acids is 2. The molecule has 2 saturated heterocycles. The van der Waals surface area contributed by atoms with Crippen LogP contribution in [0.15, 0.2) is 48.8 Å². The molecule has 0 bridgehead atoms. The largest absolute Gasteiger partial charge is 0.490 e. The van der Waals surface area contributed by atoms with Gasteiger partial charge in [0.15, 0.2) is 0 Å². The molecular formula is C24H24F7N3O7. The number of morpholine rings is 1. The summed E-state index contributed by atoms with van der Waals surface area (Å²) in [6.07, 6.45) is -6.55. The summed E-state index contributed by atoms with van der Waals surface area (Å²) in [5.41, 5.74) is 1.19. The molecule has 0 saturated carbocycles. The molecular weight excluding hydrogens is 575 g/mol. The van der Waals surface area contributed by atoms with Crippen molar-refractivity contribution >= 4 is 23.5 Å². The van der Waals surface area contributed by atoms with Gasteiger partial charge in [0, 0.05) is 37.7 Å². The number of carbonyl (C=O) groups excluding carboxylic acids is 1. The van der Waals surface area contributed by atoms with Crippen LogP contribution in [0.1, 0.15) is 5.56 Å². The van der Waals surface area contributed by atoms with Crippen LogP contribution in [0.3, 0.4) is 0 Å². The number of rotatable bonds is 3. The lowest BCUT2D eigenvalue weighted by molar-refractivity contribution is -0.193. The molecule has 0 radical (unpaired) electrons. The van der Waals surface area contributed by atoms with E-state index in [9.17, 15) is 35.5 Å². The molecule has 1 aromatic carbocycles. The van der Waals surface area contributed by atoms with Gasteiger partial charge in [-0.2, -0.15) is 26.3 Å². The highest BCUT2D eigenvalue weighted by molar-refractivity contribution is 5.95. The predicted octanol–water partition coefficient (Wildman–Crippen LogP) is 3.12. The fourth-order valence-electron chi connectivity index (χ4n) is 3.62. The minimum atomic E-state index is -5.08. The van der Waals surface area contributed by atoms with Gasteiger partial charge in [-0.25, -0.2) is 14.0 Å². The summed E-state index contributed by atoms with van der Waals surface area (Å²) in [5.74, 6) is -5.97. The normalized spacial score (nSPS) is 19.8. The second-order valence-electron chi connectivity index (χ2n) is 8.66. The maximum atomic E-state index is 13.3. The van der Waals surface area contributed by atoms with Gasteiger partial charge < -0.3 is 24.6 Å². The zero-order valence-corrected chi connectivity index (χ0v) is 21.0. The molecule has 2 aromatic rings. The quantitative estimate of drug-likeness (QED) is 0.512. The van der Waals surface area contributed by atoms with E-state index in [0.29, 0.717) is 32.0 Å². The van der Waals surface area contributed by atoms with Crippen LogP contribution in [0.25, 0.3) is 0 Å². The molecule has 1 unspecified atom stereocenters. The van der Waals surface area contributed by atoms with Gasteiger partial charge in [0.25, 0.3) is 5.91 Å². The molecule has 1 spiro atoms. The monoisotopic (exact) mass is 599 g/mol. The summed E-state index contributed by atoms with van der Waals surface area (Å²) in [5, 5.41) is 14.2. The van der Waals surface area contributed by atoms with Crippen molar-refractivity contribution in [2.45, 2.75) is 24.5 Å². The molecule has 2 N–H and O–H groups in total. The van der Waals surface area contributed by atoms with Crippen LogP contribution in [0.2, 0.25) is 0 Å². The van der Waals surface area contributed by atoms with Crippen LogP contribution < -0.4 is 4.90 Å². The lowest BCUT2D eigenvalue weighted by Crippen LogP contribution is -2.60. The Kier molecular flexibility index (Phi) is 11.5. The summed E-state index contributed by atoms with van der Waals surface area (Å²) >= 11 is 0. The summed E-state index contributed by atoms with van der Waals surface area (Å²) in [7, 11) is 0. The van der Waals surface area contributed by atoms with Gasteiger partial charge in [-0.05, 0) is 35.9 Å². The molecule has 41 heavy (non-hydrogen) atoms. The fraction of sp³-hybridized carbons (Fsp3) is 0.417. The Labute approximate surface area is 227 Å². The number of halogens is 7. The first-order valence-electron chi connectivity index (χ1n) is 11.5. The molecule has 10 nitrogen and oxygen atoms in total. The summed E-state index contributed by atoms with van der Waals surface area (Å²) in [4.78, 5) is 38.3. The average molecular weight is 599 g/mol. The zero-order valence-electron chi connectivity index (χ0n) is 21.0. The van der Waals surface area contributed by atoms with Crippen LogP contribution in [0.4, 0.5) is 36.4 Å². The molecule has 17 heteroatoms. The number of amides is 1. The number of ether oxygens (including phenoxy) is 2. The molecule has 226 valence electrons. The van der Waals surface area contributed by atoms with Crippen molar-refractivity contribution in [3.8, 4) is 0 Å². The van der Waals surface area contributed by atoms with Gasteiger partial charge >= 0.3 is 24.3 Å². The van der Waals surface area contributed by atoms with E-state index >= 15 is 0 Å². The number of alkyl halides is 6. The summed E-state index contributed by atoms with van der Waals surface area (Å²) < 4.78 is 88.5. The number of hydrogen-bond acceptors (Lipinski definition) is 7. The maximum Gasteiger partial charge on any atom is 0.490 e. The lowest BCUT2D eigenvalue weighted by atomic mass is 10.0. The molecule has 0 aliphatic carbocycles. The Bertz CT molecular complexity index is 1140. The fourth-order valence-corrected chi connectivity index (χ4v) is 3.62. The first-order valence-corrected chi connectivity index (χ1v) is 11.5. The molecule has 3 heterocycles. The van der Waals surface area contributed by atoms with Crippen LogP contribution in [-0.2, 0) is 30.4 Å². The number of nitrogens with zero attached hydrogens (tertiary/aromatic N) is 3. The Hall–Kier alpha value is -3.83. The second-order valence-corrected chi connectivity index (χ2v) is 8.66. The van der Waals surface area contributed by atoms with Crippen molar-refractivity contribution < 1.29 is 64.8 Å². The van der Waals surface area contributed by atoms with Crippen molar-refractivity contribution in [1.82, 2.24) is 9.88 Å². The van der Waals surface area contributed by atoms with E-state index in [4.69, 9.17) is 29.3 Å². The number of aromatic nitrogens is 1. The van der Waals surface area contributed by atoms with E-state index in [0.717, 1.165) is 18.7 Å². The smallest absolute Gasteiger partial charge is 0.475 e. The molecule has 2 aliphatic heterocycles. The Balaban J connectivity index is 0.000000349. The van der Waals surface area contributed by atoms with Gasteiger partial charge in [-0.3, -0.25) is 14.7 Å². The van der Waals surface area contributed by atoms with Crippen molar-refractivity contribution in [2.75, 3.05) is 44.4 Å². The van der Waals surface area contributed by atoms with E-state index < -0.39 is 29.9 Å². The van der Waals surface area contributed by atoms with Crippen LogP contribution >= 0.6 is 0 Å². The van der Waals surface area contributed by atoms with Gasteiger partial charge in [0.1, 0.15) is 18.0 Å². The molecule has 4 rings (SSSR count). The average Bonchev–Trinajstić information content (AvgIpc) is 3.08. The minimum absolute atomic E-state index is 0.0124. The summed E-state index contributed by atoms with van der Waals surface area (Å²) in [6.45, 7) is 3.56. The predicted molar refractivity (Wildman–Crippen MR) is 125 cm³/mol. The Morgan fingerprint density at radius 2 is 1.56 bits per heavy atom. The topological polar surface area (TPSA) is 130 Å². The van der Waals surface area contributed by atoms with Gasteiger partial charge in [-0.15, -0.1) is 0 Å². The van der Waals surface area contributed by atoms with E-state index in [1.54, 1.807) is 23.2 Å². The Morgan fingerprint density at radius 1 is 0.976 bits per heavy atom. The van der Waals surface area contributed by atoms with Crippen molar-refractivity contribution in [3.05, 3.63) is 60.2 Å². The molecule has 2 fully saturated rings. The number of hydrogen-bond donors (Lipinski definition) is 2. The standard InChI is InChI=1S/C20H22FN3O3.2C2HF3O2/c21-17-3-5-18(6-4-17)24-14-20(27-12-19(24)25)13-23(8-9-26-15-20)11-16-2-1-7-22-10-16;2*3-2(4,5)1(6)7/h1-7,10H,8-9,11-15H2;2*(H,6,7). The van der Waals surface area contributed by atoms with E-state index in [-0.39, 0.29) is 18.3 Å². The molecule has 1 aromatic heterocycles. The third kappa shape index (κ3) is 10.9. The van der Waals surface area contributed by atoms with Gasteiger partial charge in [0.05, 0.1) is 19.8 Å². The number of anilines is 1. The Morgan fingerprint density at radius 3 is 2.07 bits per heavy atom. The van der Waals surface area contributed by atoms with E-state index in [2.05, 4.69) is 9.88 Å². The van der Waals surface area contributed by atoms with Crippen LogP contribution in [0.5, 0.6) is 0 Å². The first-order chi connectivity index (χ1) is 19.0. The number of pyridine rings is 1. The summed E-state index contributed by atoms with van der Waals surface area (Å²) in [6, 6.07) is 9.94. The highest BCUT2D eigenvalue weighted by Crippen LogP contribution is 2.28. The van der Waals surface area contributed by atoms with Crippen LogP contribution in [-0.4, -0.2) is 95.4 Å². The first kappa shape index (κ1) is 33.4. The van der Waals surface area contributed by atoms with E-state index in [1.165, 1.54) is 12.1 Å². The third-order valence-corrected chi connectivity index (χ3v) is 5.43. The van der Waals surface area contributed by atoms with Crippen LogP contribution in [0, 0.1) is 5.82 Å². The molecule has 2 aliphatic rings. The molecule has 1 atom stereocenters. The van der Waals surface area contributed by atoms with E-state index in [1.807, 2.05) is 18.3 Å². The highest BCUT2D eigenvalue weighted by Gasteiger charge is 2.43. The van der Waals surface area contributed by atoms with Crippen molar-refractivity contribution in [1.29, 1.82) is 0 Å². The SMILES string of the molecule is O=C(O)C(F)(F)F.O=C(O)C(F)(F)F.O=C1COC2(COCCN(Cc3cccnc3)C2)CN1c1ccc(F)cc1. The van der Waals surface area contributed by atoms with Crippen molar-refractivity contribution in [3.63, 3.8) is 0 Å². The maximum absolute atomic E-state index is 13.3. The number of benzene rings is 1. The lowest BCUT2D eigenvalue weighted by Gasteiger charge is -2.43. The third-order valence-electron chi connectivity index (χ3n) is 5.43.